The molecule has 8 heteroatoms. The van der Waals surface area contributed by atoms with Crippen molar-refractivity contribution in [3.8, 4) is 0 Å². The van der Waals surface area contributed by atoms with Crippen LogP contribution in [0.2, 0.25) is 0 Å². The zero-order valence-corrected chi connectivity index (χ0v) is 11.7. The van der Waals surface area contributed by atoms with Gasteiger partial charge in [0.15, 0.2) is 5.49 Å². The van der Waals surface area contributed by atoms with E-state index >= 15 is 0 Å². The van der Waals surface area contributed by atoms with Crippen molar-refractivity contribution in [1.82, 2.24) is 0 Å². The maximum absolute atomic E-state index is 11.9. The quantitative estimate of drug-likeness (QED) is 0.497. The Morgan fingerprint density at radius 1 is 1.12 bits per heavy atom. The summed E-state index contributed by atoms with van der Waals surface area (Å²) in [4.78, 5) is 0. The summed E-state index contributed by atoms with van der Waals surface area (Å²) in [7, 11) is -7.51. The van der Waals surface area contributed by atoms with Gasteiger partial charge in [-0.2, -0.15) is 8.42 Å². The molecule has 16 heavy (non-hydrogen) atoms. The van der Waals surface area contributed by atoms with E-state index in [9.17, 15) is 13.0 Å². The Balaban J connectivity index is 4.69. The van der Waals surface area contributed by atoms with Crippen molar-refractivity contribution in [2.24, 2.45) is 0 Å². The minimum Gasteiger partial charge on any atom is -0.308 e. The fourth-order valence-electron chi connectivity index (χ4n) is 1.02. The highest BCUT2D eigenvalue weighted by Crippen LogP contribution is 2.49. The van der Waals surface area contributed by atoms with E-state index in [4.69, 9.17) is 9.05 Å². The van der Waals surface area contributed by atoms with Gasteiger partial charge in [-0.1, -0.05) is 0 Å². The predicted molar refractivity (Wildman–Crippen MR) is 60.9 cm³/mol. The molecule has 0 saturated heterocycles. The fourth-order valence-corrected chi connectivity index (χ4v) is 4.86. The van der Waals surface area contributed by atoms with E-state index < -0.39 is 29.3 Å². The first-order valence-corrected chi connectivity index (χ1v) is 8.34. The van der Waals surface area contributed by atoms with Crippen LogP contribution in [0.1, 0.15) is 27.7 Å². The first-order valence-electron chi connectivity index (χ1n) is 5.03. The Labute approximate surface area is 96.9 Å². The van der Waals surface area contributed by atoms with Gasteiger partial charge in [0.05, 0.1) is 19.3 Å². The van der Waals surface area contributed by atoms with E-state index in [1.54, 1.807) is 27.7 Å². The van der Waals surface area contributed by atoms with Gasteiger partial charge in [0.1, 0.15) is 0 Å². The Kier molecular flexibility index (Phi) is 6.74. The van der Waals surface area contributed by atoms with Gasteiger partial charge in [-0.25, -0.2) is 0 Å². The van der Waals surface area contributed by atoms with Crippen molar-refractivity contribution >= 4 is 17.7 Å². The van der Waals surface area contributed by atoms with Crippen molar-refractivity contribution in [2.45, 2.75) is 33.8 Å². The molecule has 0 aromatic rings. The maximum Gasteiger partial charge on any atom is 0.348 e. The average molecular weight is 274 g/mol. The van der Waals surface area contributed by atoms with Crippen LogP contribution in [0.3, 0.4) is 0 Å². The highest BCUT2D eigenvalue weighted by Gasteiger charge is 2.32. The average Bonchev–Trinajstić information content (AvgIpc) is 1.99. The molecule has 0 aliphatic rings. The normalized spacial score (nSPS) is 13.3. The van der Waals surface area contributed by atoms with Crippen molar-refractivity contribution in [2.75, 3.05) is 18.7 Å². The van der Waals surface area contributed by atoms with Gasteiger partial charge >= 0.3 is 7.60 Å². The molecule has 98 valence electrons. The number of hydrogen-bond donors (Lipinski definition) is 0. The summed E-state index contributed by atoms with van der Waals surface area (Å²) in [5.41, 5.74) is -0.750. The molecule has 0 amide bonds. The molecular weight excluding hydrogens is 255 g/mol. The minimum absolute atomic E-state index is 0.120. The third-order valence-corrected chi connectivity index (χ3v) is 5.82. The van der Waals surface area contributed by atoms with Gasteiger partial charge in [0, 0.05) is 0 Å². The minimum atomic E-state index is -3.90. The SMILES string of the molecule is CCOP(=O)(CS(=O)(=O)OC(C)C)OCC. The van der Waals surface area contributed by atoms with E-state index in [0.717, 1.165) is 0 Å². The first kappa shape index (κ1) is 16.1. The lowest BCUT2D eigenvalue weighted by Crippen LogP contribution is -2.17. The topological polar surface area (TPSA) is 78.9 Å². The Hall–Kier alpha value is 0.0600. The zero-order valence-electron chi connectivity index (χ0n) is 10.0. The number of hydrogen-bond acceptors (Lipinski definition) is 6. The first-order chi connectivity index (χ1) is 7.24. The van der Waals surface area contributed by atoms with E-state index in [1.165, 1.54) is 0 Å². The molecule has 0 aromatic carbocycles. The van der Waals surface area contributed by atoms with E-state index in [-0.39, 0.29) is 13.2 Å². The summed E-state index contributed by atoms with van der Waals surface area (Å²) in [6.07, 6.45) is -0.498. The fraction of sp³-hybridized carbons (Fsp3) is 1.00. The van der Waals surface area contributed by atoms with Crippen molar-refractivity contribution < 1.29 is 26.2 Å². The van der Waals surface area contributed by atoms with Crippen molar-refractivity contribution in [3.05, 3.63) is 0 Å². The summed E-state index contributed by atoms with van der Waals surface area (Å²) in [5.74, 6) is 0. The highest BCUT2D eigenvalue weighted by atomic mass is 32.2. The summed E-state index contributed by atoms with van der Waals surface area (Å²) in [6, 6.07) is 0. The van der Waals surface area contributed by atoms with Crippen molar-refractivity contribution in [3.63, 3.8) is 0 Å². The molecule has 0 spiro atoms. The second-order valence-electron chi connectivity index (χ2n) is 3.28. The molecule has 0 aliphatic heterocycles. The maximum atomic E-state index is 11.9. The van der Waals surface area contributed by atoms with Crippen LogP contribution in [-0.2, 0) is 27.9 Å². The van der Waals surface area contributed by atoms with Gasteiger partial charge in [-0.3, -0.25) is 8.75 Å². The number of rotatable bonds is 8. The predicted octanol–water partition coefficient (Wildman–Crippen LogP) is 1.96. The molecule has 0 saturated carbocycles. The van der Waals surface area contributed by atoms with E-state index in [2.05, 4.69) is 4.18 Å². The monoisotopic (exact) mass is 274 g/mol. The van der Waals surface area contributed by atoms with Crippen LogP contribution < -0.4 is 0 Å². The summed E-state index contributed by atoms with van der Waals surface area (Å²) in [6.45, 7) is 6.61. The van der Waals surface area contributed by atoms with Crippen LogP contribution >= 0.6 is 7.60 Å². The van der Waals surface area contributed by atoms with Crippen LogP contribution in [0.4, 0.5) is 0 Å². The lowest BCUT2D eigenvalue weighted by molar-refractivity contribution is 0.219. The van der Waals surface area contributed by atoms with Crippen LogP contribution in [0.25, 0.3) is 0 Å². The van der Waals surface area contributed by atoms with Crippen LogP contribution in [0.5, 0.6) is 0 Å². The smallest absolute Gasteiger partial charge is 0.308 e. The van der Waals surface area contributed by atoms with Crippen LogP contribution in [-0.4, -0.2) is 33.2 Å². The second kappa shape index (κ2) is 6.71. The lowest BCUT2D eigenvalue weighted by atomic mass is 10.5. The summed E-state index contributed by atoms with van der Waals surface area (Å²) >= 11 is 0. The third kappa shape index (κ3) is 6.60. The van der Waals surface area contributed by atoms with Gasteiger partial charge in [0.25, 0.3) is 10.1 Å². The molecule has 0 radical (unpaired) electrons. The highest BCUT2D eigenvalue weighted by molar-refractivity contribution is 7.93. The largest absolute Gasteiger partial charge is 0.348 e. The molecule has 0 N–H and O–H groups in total. The van der Waals surface area contributed by atoms with E-state index in [0.29, 0.717) is 0 Å². The summed E-state index contributed by atoms with van der Waals surface area (Å²) in [5, 5.41) is 0. The Morgan fingerprint density at radius 2 is 1.56 bits per heavy atom. The Bertz CT molecular complexity index is 326. The van der Waals surface area contributed by atoms with Crippen LogP contribution in [0, 0.1) is 0 Å². The molecule has 0 bridgehead atoms. The molecule has 0 unspecified atom stereocenters. The van der Waals surface area contributed by atoms with Gasteiger partial charge in [0.2, 0.25) is 0 Å². The summed E-state index contributed by atoms with van der Waals surface area (Å²) < 4.78 is 49.2. The lowest BCUT2D eigenvalue weighted by Gasteiger charge is -2.17. The Morgan fingerprint density at radius 3 is 1.88 bits per heavy atom. The molecule has 0 rings (SSSR count). The van der Waals surface area contributed by atoms with E-state index in [1.807, 2.05) is 0 Å². The molecule has 0 aliphatic carbocycles. The molecule has 0 fully saturated rings. The molecular formula is C8H19O6PS. The van der Waals surface area contributed by atoms with Gasteiger partial charge < -0.3 is 9.05 Å². The second-order valence-corrected chi connectivity index (χ2v) is 7.36. The van der Waals surface area contributed by atoms with Crippen LogP contribution in [0.15, 0.2) is 0 Å². The zero-order chi connectivity index (χ0) is 12.8. The standard InChI is InChI=1S/C8H19O6PS/c1-5-12-15(9,13-6-2)7-16(10,11)14-8(3)4/h8H,5-7H2,1-4H3. The molecule has 6 nitrogen and oxygen atoms in total. The van der Waals surface area contributed by atoms with Gasteiger partial charge in [-0.05, 0) is 27.7 Å². The van der Waals surface area contributed by atoms with Gasteiger partial charge in [-0.15, -0.1) is 0 Å². The molecule has 0 aromatic heterocycles. The molecule has 0 heterocycles. The van der Waals surface area contributed by atoms with Crippen molar-refractivity contribution in [1.29, 1.82) is 0 Å². The molecule has 0 atom stereocenters. The third-order valence-electron chi connectivity index (χ3n) is 1.31.